The summed E-state index contributed by atoms with van der Waals surface area (Å²) in [6.45, 7) is 8.33. The quantitative estimate of drug-likeness (QED) is 0.215. The van der Waals surface area contributed by atoms with Crippen LogP contribution in [0.3, 0.4) is 0 Å². The fourth-order valence-corrected chi connectivity index (χ4v) is 10.0. The van der Waals surface area contributed by atoms with Crippen LogP contribution in [-0.2, 0) is 33.9 Å². The van der Waals surface area contributed by atoms with Gasteiger partial charge in [0.05, 0.1) is 37.5 Å². The molecule has 1 N–H and O–H groups in total. The standard InChI is InChI=1S/C42H56FN3O9S/c1-7-27-18-26(2)12-8-10-14-29-22-42(29,39(50)45-56(51,52)41(25-43)16-17-41)23-34(47)33-20-30(24-46(33)38(49)32(27)21-36(48)55-40(3,4)5)54-37-31-15-11-9-13-28(31)19-35(44-37)53-6/h9-11,13-15,19,26-27,29-30,32-33H,7-8,12,16-18,20-25H2,1-6H3,(H,45,50)/b14-10-/t26-,27+,29+,30+,32-,33-,42+/m0/s1. The van der Waals surface area contributed by atoms with Gasteiger partial charge < -0.3 is 19.1 Å². The molecule has 6 rings (SSSR count). The van der Waals surface area contributed by atoms with Gasteiger partial charge >= 0.3 is 5.97 Å². The molecule has 14 heteroatoms. The Kier molecular flexibility index (Phi) is 11.9. The van der Waals surface area contributed by atoms with Gasteiger partial charge in [0.25, 0.3) is 0 Å². The van der Waals surface area contributed by atoms with Gasteiger partial charge in [-0.05, 0) is 88.5 Å². The van der Waals surface area contributed by atoms with Crippen molar-refractivity contribution in [2.75, 3.05) is 20.3 Å². The highest BCUT2D eigenvalue weighted by molar-refractivity contribution is 7.91. The summed E-state index contributed by atoms with van der Waals surface area (Å²) < 4.78 is 58.6. The van der Waals surface area contributed by atoms with Crippen LogP contribution >= 0.6 is 0 Å². The maximum Gasteiger partial charge on any atom is 0.307 e. The average molecular weight is 798 g/mol. The number of hydrogen-bond acceptors (Lipinski definition) is 10. The van der Waals surface area contributed by atoms with E-state index >= 15 is 4.79 Å². The normalized spacial score (nSPS) is 29.9. The number of ketones is 1. The first-order chi connectivity index (χ1) is 26.4. The number of benzene rings is 1. The van der Waals surface area contributed by atoms with Crippen molar-refractivity contribution in [3.05, 3.63) is 42.5 Å². The number of aromatic nitrogens is 1. The first-order valence-electron chi connectivity index (χ1n) is 19.9. The molecule has 4 aliphatic rings. The van der Waals surface area contributed by atoms with Crippen molar-refractivity contribution in [1.29, 1.82) is 0 Å². The van der Waals surface area contributed by atoms with E-state index in [9.17, 15) is 27.2 Å². The molecule has 0 unspecified atom stereocenters. The summed E-state index contributed by atoms with van der Waals surface area (Å²) in [4.78, 5) is 63.2. The van der Waals surface area contributed by atoms with Gasteiger partial charge in [0.15, 0.2) is 5.78 Å². The highest BCUT2D eigenvalue weighted by atomic mass is 32.2. The number of allylic oxidation sites excluding steroid dienone is 2. The smallest absolute Gasteiger partial charge is 0.307 e. The molecule has 2 amide bonds. The number of rotatable bonds is 10. The lowest BCUT2D eigenvalue weighted by Gasteiger charge is -2.33. The van der Waals surface area contributed by atoms with Gasteiger partial charge in [-0.2, -0.15) is 4.98 Å². The lowest BCUT2D eigenvalue weighted by molar-refractivity contribution is -0.160. The van der Waals surface area contributed by atoms with Gasteiger partial charge in [-0.3, -0.25) is 23.9 Å². The zero-order chi connectivity index (χ0) is 40.6. The summed E-state index contributed by atoms with van der Waals surface area (Å²) in [5.41, 5.74) is -2.16. The first kappa shape index (κ1) is 41.6. The molecular formula is C42H56FN3O9S. The second kappa shape index (κ2) is 16.1. The molecule has 3 fully saturated rings. The Balaban J connectivity index is 1.37. The van der Waals surface area contributed by atoms with E-state index in [1.165, 1.54) is 12.0 Å². The topological polar surface area (TPSA) is 158 Å². The molecule has 1 aromatic heterocycles. The molecule has 1 saturated heterocycles. The van der Waals surface area contributed by atoms with Crippen molar-refractivity contribution in [1.82, 2.24) is 14.6 Å². The number of alkyl halides is 1. The molecule has 0 bridgehead atoms. The van der Waals surface area contributed by atoms with E-state index in [0.717, 1.165) is 11.8 Å². The third-order valence-electron chi connectivity index (χ3n) is 12.1. The minimum atomic E-state index is -4.34. The van der Waals surface area contributed by atoms with Crippen LogP contribution in [0.1, 0.15) is 98.8 Å². The van der Waals surface area contributed by atoms with Crippen molar-refractivity contribution in [3.63, 3.8) is 0 Å². The Morgan fingerprint density at radius 1 is 1.12 bits per heavy atom. The van der Waals surface area contributed by atoms with Crippen molar-refractivity contribution < 1.29 is 46.2 Å². The van der Waals surface area contributed by atoms with Gasteiger partial charge in [-0.1, -0.05) is 50.6 Å². The van der Waals surface area contributed by atoms with Crippen molar-refractivity contribution in [2.24, 2.45) is 29.1 Å². The molecule has 306 valence electrons. The monoisotopic (exact) mass is 797 g/mol. The largest absolute Gasteiger partial charge is 0.481 e. The minimum absolute atomic E-state index is 0.00912. The number of sulfonamides is 1. The fraction of sp³-hybridized carbons (Fsp3) is 0.643. The van der Waals surface area contributed by atoms with Crippen LogP contribution in [0.4, 0.5) is 4.39 Å². The summed E-state index contributed by atoms with van der Waals surface area (Å²) in [7, 11) is -2.84. The number of carbonyl (C=O) groups excluding carboxylic acids is 4. The van der Waals surface area contributed by atoms with Gasteiger partial charge in [-0.15, -0.1) is 0 Å². The van der Waals surface area contributed by atoms with Crippen LogP contribution in [-0.4, -0.2) is 84.7 Å². The molecule has 2 aliphatic heterocycles. The number of amides is 2. The van der Waals surface area contributed by atoms with E-state index in [0.29, 0.717) is 30.5 Å². The molecule has 1 aromatic carbocycles. The third kappa shape index (κ3) is 8.74. The van der Waals surface area contributed by atoms with Crippen LogP contribution < -0.4 is 14.2 Å². The maximum atomic E-state index is 15.0. The predicted octanol–water partition coefficient (Wildman–Crippen LogP) is 6.26. The summed E-state index contributed by atoms with van der Waals surface area (Å²) in [6.07, 6.45) is 5.92. The Labute approximate surface area is 329 Å². The van der Waals surface area contributed by atoms with Gasteiger partial charge in [0.2, 0.25) is 33.6 Å². The Bertz CT molecular complexity index is 1980. The molecule has 0 radical (unpaired) electrons. The first-order valence-corrected chi connectivity index (χ1v) is 21.4. The Morgan fingerprint density at radius 3 is 2.52 bits per heavy atom. The van der Waals surface area contributed by atoms with E-state index < -0.39 is 74.1 Å². The molecule has 3 heterocycles. The zero-order valence-electron chi connectivity index (χ0n) is 33.3. The van der Waals surface area contributed by atoms with E-state index in [4.69, 9.17) is 14.2 Å². The molecule has 12 nitrogen and oxygen atoms in total. The van der Waals surface area contributed by atoms with Crippen LogP contribution in [0.25, 0.3) is 10.8 Å². The van der Waals surface area contributed by atoms with Gasteiger partial charge in [0, 0.05) is 24.3 Å². The van der Waals surface area contributed by atoms with Crippen LogP contribution in [0.5, 0.6) is 11.8 Å². The lowest BCUT2D eigenvalue weighted by atomic mass is 9.79. The molecule has 0 spiro atoms. The molecule has 2 aliphatic carbocycles. The van der Waals surface area contributed by atoms with Crippen LogP contribution in [0.15, 0.2) is 42.5 Å². The highest BCUT2D eigenvalue weighted by Gasteiger charge is 2.63. The van der Waals surface area contributed by atoms with Crippen LogP contribution in [0.2, 0.25) is 0 Å². The van der Waals surface area contributed by atoms with E-state index in [1.807, 2.05) is 43.3 Å². The number of Topliss-reactive ketones (excluding diaryl/α,β-unsaturated/α-hetero) is 1. The lowest BCUT2D eigenvalue weighted by Crippen LogP contribution is -2.48. The zero-order valence-corrected chi connectivity index (χ0v) is 34.2. The summed E-state index contributed by atoms with van der Waals surface area (Å²) in [5.74, 6) is -2.77. The molecular weight excluding hydrogens is 742 g/mol. The molecule has 2 aromatic rings. The molecule has 7 atom stereocenters. The Hall–Kier alpha value is -4.07. The van der Waals surface area contributed by atoms with Crippen LogP contribution in [0, 0.1) is 29.1 Å². The number of carbonyl (C=O) groups is 4. The third-order valence-corrected chi connectivity index (χ3v) is 14.2. The number of fused-ring (bicyclic) bond motifs is 3. The number of pyridine rings is 1. The Morgan fingerprint density at radius 2 is 1.86 bits per heavy atom. The minimum Gasteiger partial charge on any atom is -0.481 e. The second-order valence-electron chi connectivity index (χ2n) is 17.4. The SMILES string of the molecule is CC[C@@H]1C[C@@H](C)CC/C=C\[C@@H]2C[C@@]2(C(=O)NS(=O)(=O)C2(CF)CC2)CC(=O)[C@@H]2C[C@@H](Oc3nc(OC)cc4ccccc34)CN2C(=O)[C@H]1CC(=O)OC(C)(C)C. The average Bonchev–Trinajstić information content (AvgIpc) is 4.05. The summed E-state index contributed by atoms with van der Waals surface area (Å²) in [5, 5.41) is 1.53. The highest BCUT2D eigenvalue weighted by Crippen LogP contribution is 2.58. The summed E-state index contributed by atoms with van der Waals surface area (Å²) in [6, 6.07) is 8.23. The van der Waals surface area contributed by atoms with Crippen molar-refractivity contribution >= 4 is 44.4 Å². The number of halogens is 1. The van der Waals surface area contributed by atoms with E-state index in [2.05, 4.69) is 16.6 Å². The second-order valence-corrected chi connectivity index (χ2v) is 19.5. The van der Waals surface area contributed by atoms with Gasteiger partial charge in [0.1, 0.15) is 23.1 Å². The molecule has 2 saturated carbocycles. The van der Waals surface area contributed by atoms with Gasteiger partial charge in [-0.25, -0.2) is 12.8 Å². The number of hydrogen-bond donors (Lipinski definition) is 1. The number of ether oxygens (including phenoxy) is 3. The van der Waals surface area contributed by atoms with E-state index in [-0.39, 0.29) is 68.7 Å². The molecule has 56 heavy (non-hydrogen) atoms. The fourth-order valence-electron chi connectivity index (χ4n) is 8.55. The van der Waals surface area contributed by atoms with Crippen molar-refractivity contribution in [2.45, 2.75) is 121 Å². The number of nitrogens with one attached hydrogen (secondary N) is 1. The summed E-state index contributed by atoms with van der Waals surface area (Å²) >= 11 is 0. The number of esters is 1. The maximum absolute atomic E-state index is 15.0. The predicted molar refractivity (Wildman–Crippen MR) is 208 cm³/mol. The van der Waals surface area contributed by atoms with E-state index in [1.54, 1.807) is 26.8 Å². The van der Waals surface area contributed by atoms with Crippen molar-refractivity contribution in [3.8, 4) is 11.8 Å². The number of nitrogens with zero attached hydrogens (tertiary/aromatic N) is 2. The number of methoxy groups -OCH3 is 1.